The fraction of sp³-hybridized carbons (Fsp3) is 0.714. The minimum atomic E-state index is -1.22. The molecule has 1 heterocycles. The van der Waals surface area contributed by atoms with Gasteiger partial charge >= 0.3 is 5.97 Å². The Kier molecular flexibility index (Phi) is 4.40. The largest absolute Gasteiger partial charge is 0.477 e. The van der Waals surface area contributed by atoms with E-state index in [9.17, 15) is 4.79 Å². The Bertz CT molecular complexity index is 405. The van der Waals surface area contributed by atoms with E-state index in [1.807, 2.05) is 34.6 Å². The summed E-state index contributed by atoms with van der Waals surface area (Å²) in [7, 11) is 0. The highest BCUT2D eigenvalue weighted by atomic mass is 16.5. The minimum absolute atomic E-state index is 0.125. The fourth-order valence-electron chi connectivity index (χ4n) is 2.00. The molecule has 1 unspecified atom stereocenters. The van der Waals surface area contributed by atoms with E-state index in [0.29, 0.717) is 6.61 Å². The molecule has 0 saturated carbocycles. The Hall–Kier alpha value is -1.36. The van der Waals surface area contributed by atoms with Crippen LogP contribution in [0.3, 0.4) is 0 Å². The second-order valence-electron chi connectivity index (χ2n) is 6.46. The second-order valence-corrected chi connectivity index (χ2v) is 6.46. The number of carbonyl (C=O) groups is 1. The SMILES string of the molecule is CC(C)(C)/C(=C/C(=N)C(=O)O)NC1CCOC1(C)C. The molecule has 0 aromatic rings. The first-order chi connectivity index (χ1) is 8.54. The van der Waals surface area contributed by atoms with Crippen molar-refractivity contribution in [2.45, 2.75) is 52.7 Å². The predicted molar refractivity (Wildman–Crippen MR) is 74.5 cm³/mol. The van der Waals surface area contributed by atoms with Crippen LogP contribution in [0, 0.1) is 10.8 Å². The number of hydrogen-bond acceptors (Lipinski definition) is 4. The number of carboxylic acid groups (broad SMARTS) is 1. The molecule has 1 saturated heterocycles. The van der Waals surface area contributed by atoms with E-state index in [2.05, 4.69) is 5.32 Å². The second kappa shape index (κ2) is 5.33. The number of carboxylic acids is 1. The molecule has 19 heavy (non-hydrogen) atoms. The van der Waals surface area contributed by atoms with Gasteiger partial charge in [0.15, 0.2) is 0 Å². The third kappa shape index (κ3) is 4.06. The molecule has 0 aliphatic carbocycles. The first kappa shape index (κ1) is 15.7. The van der Waals surface area contributed by atoms with Gasteiger partial charge in [-0.25, -0.2) is 4.79 Å². The molecular weight excluding hydrogens is 244 g/mol. The summed E-state index contributed by atoms with van der Waals surface area (Å²) in [6.45, 7) is 10.7. The van der Waals surface area contributed by atoms with Gasteiger partial charge in [-0.2, -0.15) is 0 Å². The third-order valence-electron chi connectivity index (χ3n) is 3.38. The van der Waals surface area contributed by atoms with Crippen molar-refractivity contribution in [3.05, 3.63) is 11.8 Å². The lowest BCUT2D eigenvalue weighted by Crippen LogP contribution is -2.45. The highest BCUT2D eigenvalue weighted by Gasteiger charge is 2.37. The summed E-state index contributed by atoms with van der Waals surface area (Å²) in [6, 6.07) is 0.125. The molecule has 0 spiro atoms. The molecule has 1 rings (SSSR count). The van der Waals surface area contributed by atoms with E-state index >= 15 is 0 Å². The topological polar surface area (TPSA) is 82.4 Å². The standard InChI is InChI=1S/C14H24N2O3/c1-13(2,3)11(8-9(15)12(17)18)16-10-6-7-19-14(10,4)5/h8,10,15-16H,6-7H2,1-5H3,(H,17,18)/b11-8-,15-9?. The minimum Gasteiger partial charge on any atom is -0.477 e. The Labute approximate surface area is 114 Å². The monoisotopic (exact) mass is 268 g/mol. The zero-order chi connectivity index (χ0) is 14.8. The quantitative estimate of drug-likeness (QED) is 0.682. The molecule has 1 aliphatic rings. The van der Waals surface area contributed by atoms with Crippen molar-refractivity contribution in [1.29, 1.82) is 5.41 Å². The molecule has 5 nitrogen and oxygen atoms in total. The zero-order valence-corrected chi connectivity index (χ0v) is 12.3. The van der Waals surface area contributed by atoms with Crippen molar-refractivity contribution in [2.24, 2.45) is 5.41 Å². The zero-order valence-electron chi connectivity index (χ0n) is 12.3. The van der Waals surface area contributed by atoms with Gasteiger partial charge in [-0.15, -0.1) is 0 Å². The molecule has 3 N–H and O–H groups in total. The molecule has 0 amide bonds. The number of aliphatic carboxylic acids is 1. The third-order valence-corrected chi connectivity index (χ3v) is 3.38. The maximum atomic E-state index is 10.8. The van der Waals surface area contributed by atoms with Gasteiger partial charge < -0.3 is 15.2 Å². The average molecular weight is 268 g/mol. The maximum absolute atomic E-state index is 10.8. The molecule has 0 bridgehead atoms. The number of allylic oxidation sites excluding steroid dienone is 1. The van der Waals surface area contributed by atoms with Crippen molar-refractivity contribution >= 4 is 11.7 Å². The van der Waals surface area contributed by atoms with E-state index in [1.165, 1.54) is 6.08 Å². The van der Waals surface area contributed by atoms with Crippen LogP contribution < -0.4 is 5.32 Å². The van der Waals surface area contributed by atoms with Crippen LogP contribution in [0.1, 0.15) is 41.0 Å². The maximum Gasteiger partial charge on any atom is 0.353 e. The van der Waals surface area contributed by atoms with Crippen LogP contribution in [-0.4, -0.2) is 35.0 Å². The van der Waals surface area contributed by atoms with Gasteiger partial charge in [-0.1, -0.05) is 20.8 Å². The Morgan fingerprint density at radius 1 is 1.47 bits per heavy atom. The van der Waals surface area contributed by atoms with Gasteiger partial charge in [0.25, 0.3) is 0 Å². The first-order valence-electron chi connectivity index (χ1n) is 6.48. The molecule has 1 aliphatic heterocycles. The van der Waals surface area contributed by atoms with Crippen LogP contribution in [0.5, 0.6) is 0 Å². The molecule has 0 radical (unpaired) electrons. The number of ether oxygens (including phenoxy) is 1. The lowest BCUT2D eigenvalue weighted by Gasteiger charge is -2.33. The van der Waals surface area contributed by atoms with Crippen LogP contribution in [0.4, 0.5) is 0 Å². The molecule has 1 atom stereocenters. The molecule has 1 fully saturated rings. The van der Waals surface area contributed by atoms with Crippen molar-refractivity contribution in [1.82, 2.24) is 5.32 Å². The van der Waals surface area contributed by atoms with Gasteiger partial charge in [-0.3, -0.25) is 5.41 Å². The summed E-state index contributed by atoms with van der Waals surface area (Å²) in [5.41, 5.74) is -0.187. The highest BCUT2D eigenvalue weighted by Crippen LogP contribution is 2.30. The van der Waals surface area contributed by atoms with E-state index in [0.717, 1.165) is 12.1 Å². The van der Waals surface area contributed by atoms with Crippen molar-refractivity contribution < 1.29 is 14.6 Å². The van der Waals surface area contributed by atoms with E-state index in [-0.39, 0.29) is 17.1 Å². The molecule has 108 valence electrons. The van der Waals surface area contributed by atoms with Crippen LogP contribution in [0.2, 0.25) is 0 Å². The Balaban J connectivity index is 2.94. The Morgan fingerprint density at radius 2 is 2.05 bits per heavy atom. The van der Waals surface area contributed by atoms with E-state index < -0.39 is 11.7 Å². The van der Waals surface area contributed by atoms with Gasteiger partial charge in [0.05, 0.1) is 11.6 Å². The summed E-state index contributed by atoms with van der Waals surface area (Å²) in [5, 5.41) is 19.7. The average Bonchev–Trinajstić information content (AvgIpc) is 2.55. The fourth-order valence-corrected chi connectivity index (χ4v) is 2.00. The van der Waals surface area contributed by atoms with Gasteiger partial charge in [0.1, 0.15) is 5.71 Å². The Morgan fingerprint density at radius 3 is 2.42 bits per heavy atom. The van der Waals surface area contributed by atoms with Gasteiger partial charge in [-0.05, 0) is 26.3 Å². The van der Waals surface area contributed by atoms with Gasteiger partial charge in [0, 0.05) is 17.7 Å². The first-order valence-corrected chi connectivity index (χ1v) is 6.48. The normalized spacial score (nSPS) is 23.2. The molecule has 5 heteroatoms. The molecule has 0 aromatic carbocycles. The summed E-state index contributed by atoms with van der Waals surface area (Å²) < 4.78 is 5.66. The van der Waals surface area contributed by atoms with Crippen LogP contribution in [0.15, 0.2) is 11.8 Å². The number of nitrogens with one attached hydrogen (secondary N) is 2. The van der Waals surface area contributed by atoms with Crippen LogP contribution in [-0.2, 0) is 9.53 Å². The van der Waals surface area contributed by atoms with Crippen molar-refractivity contribution in [2.75, 3.05) is 6.61 Å². The van der Waals surface area contributed by atoms with E-state index in [4.69, 9.17) is 15.3 Å². The lowest BCUT2D eigenvalue weighted by atomic mass is 9.88. The van der Waals surface area contributed by atoms with Crippen LogP contribution >= 0.6 is 0 Å². The summed E-state index contributed by atoms with van der Waals surface area (Å²) in [4.78, 5) is 10.8. The number of hydrogen-bond donors (Lipinski definition) is 3. The van der Waals surface area contributed by atoms with E-state index in [1.54, 1.807) is 0 Å². The summed E-state index contributed by atoms with van der Waals surface area (Å²) in [5.74, 6) is -1.22. The molecular formula is C14H24N2O3. The number of rotatable bonds is 4. The smallest absolute Gasteiger partial charge is 0.353 e. The summed E-state index contributed by atoms with van der Waals surface area (Å²) in [6.07, 6.45) is 2.28. The molecule has 0 aromatic heterocycles. The van der Waals surface area contributed by atoms with Crippen molar-refractivity contribution in [3.8, 4) is 0 Å². The van der Waals surface area contributed by atoms with Crippen molar-refractivity contribution in [3.63, 3.8) is 0 Å². The van der Waals surface area contributed by atoms with Crippen LogP contribution in [0.25, 0.3) is 0 Å². The predicted octanol–water partition coefficient (Wildman–Crippen LogP) is 2.18. The summed E-state index contributed by atoms with van der Waals surface area (Å²) >= 11 is 0. The lowest BCUT2D eigenvalue weighted by molar-refractivity contribution is -0.129. The van der Waals surface area contributed by atoms with Gasteiger partial charge in [0.2, 0.25) is 0 Å². The highest BCUT2D eigenvalue weighted by molar-refractivity contribution is 6.39.